The van der Waals surface area contributed by atoms with Crippen LogP contribution in [0.5, 0.6) is 0 Å². The third-order valence-corrected chi connectivity index (χ3v) is 6.03. The Morgan fingerprint density at radius 2 is 1.75 bits per heavy atom. The summed E-state index contributed by atoms with van der Waals surface area (Å²) in [6.07, 6.45) is 1.94. The fraction of sp³-hybridized carbons (Fsp3) is 0.538. The first kappa shape index (κ1) is 25.7. The standard InChI is InChI=1S/C26H39N3O3/c1-7-28(8-2)17-13-14-19(4)27-25(30)23-20(5)24(26(31)32-9-3)29(21(23)6)18-22-15-11-10-12-16-22/h10-12,15-16,19H,7-9,13-14,17-18H2,1-6H3,(H,27,30). The molecule has 176 valence electrons. The average Bonchev–Trinajstić information content (AvgIpc) is 3.01. The Bertz CT molecular complexity index is 885. The maximum absolute atomic E-state index is 13.2. The molecule has 1 amide bonds. The molecule has 0 fully saturated rings. The first-order chi connectivity index (χ1) is 15.3. The minimum absolute atomic E-state index is 0.0559. The Labute approximate surface area is 192 Å². The molecule has 1 heterocycles. The maximum atomic E-state index is 13.2. The molecule has 1 N–H and O–H groups in total. The van der Waals surface area contributed by atoms with Crippen LogP contribution in [0.25, 0.3) is 0 Å². The molecule has 2 aromatic rings. The smallest absolute Gasteiger partial charge is 0.355 e. The molecule has 0 aliphatic heterocycles. The van der Waals surface area contributed by atoms with Crippen molar-refractivity contribution < 1.29 is 14.3 Å². The number of ether oxygens (including phenoxy) is 1. The van der Waals surface area contributed by atoms with E-state index in [1.807, 2.05) is 55.7 Å². The molecule has 2 rings (SSSR count). The molecular formula is C26H39N3O3. The lowest BCUT2D eigenvalue weighted by Crippen LogP contribution is -2.34. The highest BCUT2D eigenvalue weighted by molar-refractivity contribution is 6.01. The van der Waals surface area contributed by atoms with Crippen LogP contribution in [0.1, 0.15) is 78.2 Å². The highest BCUT2D eigenvalue weighted by Gasteiger charge is 2.27. The van der Waals surface area contributed by atoms with Crippen molar-refractivity contribution in [2.24, 2.45) is 0 Å². The lowest BCUT2D eigenvalue weighted by molar-refractivity contribution is 0.0513. The number of benzene rings is 1. The first-order valence-electron chi connectivity index (χ1n) is 11.8. The second-order valence-electron chi connectivity index (χ2n) is 8.27. The second-order valence-corrected chi connectivity index (χ2v) is 8.27. The van der Waals surface area contributed by atoms with Crippen molar-refractivity contribution in [1.29, 1.82) is 0 Å². The third kappa shape index (κ3) is 6.45. The quantitative estimate of drug-likeness (QED) is 0.490. The van der Waals surface area contributed by atoms with Gasteiger partial charge < -0.3 is 19.5 Å². The number of nitrogens with one attached hydrogen (secondary N) is 1. The monoisotopic (exact) mass is 441 g/mol. The molecule has 0 aliphatic carbocycles. The zero-order chi connectivity index (χ0) is 23.7. The number of carbonyl (C=O) groups is 2. The minimum Gasteiger partial charge on any atom is -0.461 e. The van der Waals surface area contributed by atoms with Gasteiger partial charge in [0, 0.05) is 18.3 Å². The number of hydrogen-bond acceptors (Lipinski definition) is 4. The van der Waals surface area contributed by atoms with Gasteiger partial charge in [-0.1, -0.05) is 44.2 Å². The van der Waals surface area contributed by atoms with E-state index >= 15 is 0 Å². The van der Waals surface area contributed by atoms with Gasteiger partial charge in [0.1, 0.15) is 5.69 Å². The summed E-state index contributed by atoms with van der Waals surface area (Å²) in [5.41, 5.74) is 3.53. The lowest BCUT2D eigenvalue weighted by Gasteiger charge is -2.20. The molecule has 0 bridgehead atoms. The highest BCUT2D eigenvalue weighted by atomic mass is 16.5. The van der Waals surface area contributed by atoms with Crippen molar-refractivity contribution in [3.8, 4) is 0 Å². The molecule has 1 atom stereocenters. The number of nitrogens with zero attached hydrogens (tertiary/aromatic N) is 2. The Kier molecular flexibility index (Phi) is 9.97. The predicted octanol–water partition coefficient (Wildman–Crippen LogP) is 4.57. The van der Waals surface area contributed by atoms with E-state index in [-0.39, 0.29) is 11.9 Å². The molecule has 0 spiro atoms. The average molecular weight is 442 g/mol. The summed E-state index contributed by atoms with van der Waals surface area (Å²) < 4.78 is 7.22. The van der Waals surface area contributed by atoms with Crippen molar-refractivity contribution in [2.75, 3.05) is 26.2 Å². The van der Waals surface area contributed by atoms with Gasteiger partial charge >= 0.3 is 5.97 Å². The van der Waals surface area contributed by atoms with Crippen molar-refractivity contribution in [1.82, 2.24) is 14.8 Å². The number of carbonyl (C=O) groups excluding carboxylic acids is 2. The van der Waals surface area contributed by atoms with Gasteiger partial charge in [-0.2, -0.15) is 0 Å². The van der Waals surface area contributed by atoms with E-state index in [1.54, 1.807) is 6.92 Å². The van der Waals surface area contributed by atoms with Crippen LogP contribution in [0.4, 0.5) is 0 Å². The van der Waals surface area contributed by atoms with Gasteiger partial charge in [-0.15, -0.1) is 0 Å². The van der Waals surface area contributed by atoms with Crippen molar-refractivity contribution in [3.05, 3.63) is 58.4 Å². The fourth-order valence-electron chi connectivity index (χ4n) is 4.18. The molecule has 0 saturated carbocycles. The Hall–Kier alpha value is -2.60. The van der Waals surface area contributed by atoms with Crippen molar-refractivity contribution >= 4 is 11.9 Å². The van der Waals surface area contributed by atoms with Crippen LogP contribution >= 0.6 is 0 Å². The van der Waals surface area contributed by atoms with Gasteiger partial charge in [0.25, 0.3) is 5.91 Å². The molecule has 0 radical (unpaired) electrons. The molecule has 0 aliphatic rings. The second kappa shape index (κ2) is 12.4. The van der Waals surface area contributed by atoms with Gasteiger partial charge in [0.15, 0.2) is 0 Å². The van der Waals surface area contributed by atoms with E-state index in [0.717, 1.165) is 43.7 Å². The molecule has 32 heavy (non-hydrogen) atoms. The first-order valence-corrected chi connectivity index (χ1v) is 11.8. The Morgan fingerprint density at radius 1 is 1.09 bits per heavy atom. The van der Waals surface area contributed by atoms with E-state index in [9.17, 15) is 9.59 Å². The highest BCUT2D eigenvalue weighted by Crippen LogP contribution is 2.25. The van der Waals surface area contributed by atoms with Crippen LogP contribution in [0.2, 0.25) is 0 Å². The number of esters is 1. The molecule has 6 heteroatoms. The zero-order valence-electron chi connectivity index (χ0n) is 20.5. The SMILES string of the molecule is CCOC(=O)c1c(C)c(C(=O)NC(C)CCCN(CC)CC)c(C)n1Cc1ccccc1. The van der Waals surface area contributed by atoms with Crippen molar-refractivity contribution in [3.63, 3.8) is 0 Å². The van der Waals surface area contributed by atoms with Gasteiger partial charge in [-0.3, -0.25) is 4.79 Å². The van der Waals surface area contributed by atoms with Gasteiger partial charge in [0.2, 0.25) is 0 Å². The van der Waals surface area contributed by atoms with Crippen LogP contribution in [-0.4, -0.2) is 53.6 Å². The Balaban J connectivity index is 2.23. The maximum Gasteiger partial charge on any atom is 0.355 e. The van der Waals surface area contributed by atoms with E-state index in [1.165, 1.54) is 0 Å². The largest absolute Gasteiger partial charge is 0.461 e. The molecule has 1 aromatic carbocycles. The summed E-state index contributed by atoms with van der Waals surface area (Å²) in [4.78, 5) is 28.4. The van der Waals surface area contributed by atoms with E-state index < -0.39 is 5.97 Å². The van der Waals surface area contributed by atoms with Crippen molar-refractivity contribution in [2.45, 2.75) is 67.0 Å². The summed E-state index contributed by atoms with van der Waals surface area (Å²) >= 11 is 0. The normalized spacial score (nSPS) is 12.1. The lowest BCUT2D eigenvalue weighted by atomic mass is 10.1. The minimum atomic E-state index is -0.393. The van der Waals surface area contributed by atoms with E-state index in [4.69, 9.17) is 4.74 Å². The van der Waals surface area contributed by atoms with Crippen LogP contribution in [0.15, 0.2) is 30.3 Å². The summed E-state index contributed by atoms with van der Waals surface area (Å²) in [5, 5.41) is 3.14. The van der Waals surface area contributed by atoms with Gasteiger partial charge in [-0.25, -0.2) is 4.79 Å². The van der Waals surface area contributed by atoms with Gasteiger partial charge in [-0.05, 0) is 71.3 Å². The Morgan fingerprint density at radius 3 is 2.34 bits per heavy atom. The van der Waals surface area contributed by atoms with Gasteiger partial charge in [0.05, 0.1) is 12.2 Å². The summed E-state index contributed by atoms with van der Waals surface area (Å²) in [5.74, 6) is -0.525. The summed E-state index contributed by atoms with van der Waals surface area (Å²) in [7, 11) is 0. The van der Waals surface area contributed by atoms with Crippen LogP contribution in [-0.2, 0) is 11.3 Å². The number of aromatic nitrogens is 1. The molecular weight excluding hydrogens is 402 g/mol. The molecule has 1 unspecified atom stereocenters. The van der Waals surface area contributed by atoms with E-state index in [2.05, 4.69) is 24.1 Å². The number of amides is 1. The number of hydrogen-bond donors (Lipinski definition) is 1. The molecule has 1 aromatic heterocycles. The predicted molar refractivity (Wildman–Crippen MR) is 129 cm³/mol. The third-order valence-electron chi connectivity index (χ3n) is 6.03. The number of rotatable bonds is 12. The van der Waals surface area contributed by atoms with Crippen LogP contribution < -0.4 is 5.32 Å². The summed E-state index contributed by atoms with van der Waals surface area (Å²) in [6, 6.07) is 9.99. The molecule has 0 saturated heterocycles. The topological polar surface area (TPSA) is 63.6 Å². The van der Waals surface area contributed by atoms with Crippen LogP contribution in [0.3, 0.4) is 0 Å². The molecule has 6 nitrogen and oxygen atoms in total. The fourth-order valence-corrected chi connectivity index (χ4v) is 4.18. The van der Waals surface area contributed by atoms with E-state index in [0.29, 0.717) is 30.0 Å². The summed E-state index contributed by atoms with van der Waals surface area (Å²) in [6.45, 7) is 15.8. The zero-order valence-corrected chi connectivity index (χ0v) is 20.5. The van der Waals surface area contributed by atoms with Crippen LogP contribution in [0, 0.1) is 13.8 Å².